The van der Waals surface area contributed by atoms with Crippen LogP contribution in [0, 0.1) is 6.92 Å². The number of aromatic nitrogens is 2. The normalized spacial score (nSPS) is 9.56. The predicted molar refractivity (Wildman–Crippen MR) is 60.0 cm³/mol. The van der Waals surface area contributed by atoms with Gasteiger partial charge in [0.05, 0.1) is 5.69 Å². The molecule has 2 rings (SSSR count). The highest BCUT2D eigenvalue weighted by Crippen LogP contribution is 2.27. The Labute approximate surface area is 92.7 Å². The molecule has 4 nitrogen and oxygen atoms in total. The van der Waals surface area contributed by atoms with E-state index in [9.17, 15) is 4.79 Å². The van der Waals surface area contributed by atoms with E-state index in [1.807, 2.05) is 19.1 Å². The maximum Gasteiger partial charge on any atom is 0.240 e. The topological polar surface area (TPSA) is 55.2 Å². The number of hydrogen-bond donors (Lipinski definition) is 0. The summed E-state index contributed by atoms with van der Waals surface area (Å²) < 4.78 is 0. The van der Waals surface area contributed by atoms with E-state index in [4.69, 9.17) is 0 Å². The van der Waals surface area contributed by atoms with Gasteiger partial charge < -0.3 is 0 Å². The molecule has 4 heteroatoms. The molecule has 0 N–H and O–H groups in total. The first-order valence-corrected chi connectivity index (χ1v) is 4.76. The summed E-state index contributed by atoms with van der Waals surface area (Å²) in [5.74, 6) is 0. The molecule has 78 valence electrons. The third-order valence-electron chi connectivity index (χ3n) is 2.11. The average Bonchev–Trinajstić information content (AvgIpc) is 2.31. The van der Waals surface area contributed by atoms with Crippen molar-refractivity contribution in [2.24, 2.45) is 4.99 Å². The number of rotatable bonds is 2. The van der Waals surface area contributed by atoms with Crippen molar-refractivity contribution in [1.29, 1.82) is 0 Å². The fourth-order valence-corrected chi connectivity index (χ4v) is 1.41. The van der Waals surface area contributed by atoms with Gasteiger partial charge in [-0.1, -0.05) is 0 Å². The Bertz CT molecular complexity index is 545. The van der Waals surface area contributed by atoms with Gasteiger partial charge in [0.1, 0.15) is 5.69 Å². The lowest BCUT2D eigenvalue weighted by molar-refractivity contribution is 0.565. The van der Waals surface area contributed by atoms with Gasteiger partial charge >= 0.3 is 0 Å². The molecular formula is C12H9N3O. The van der Waals surface area contributed by atoms with Crippen molar-refractivity contribution >= 4 is 11.8 Å². The maximum atomic E-state index is 10.3. The van der Waals surface area contributed by atoms with Gasteiger partial charge in [0.25, 0.3) is 0 Å². The Balaban J connectivity index is 2.61. The largest absolute Gasteiger partial charge is 0.264 e. The third-order valence-corrected chi connectivity index (χ3v) is 2.11. The van der Waals surface area contributed by atoms with Crippen molar-refractivity contribution < 1.29 is 4.79 Å². The number of hydrogen-bond acceptors (Lipinski definition) is 4. The minimum absolute atomic E-state index is 0.517. The highest BCUT2D eigenvalue weighted by Gasteiger charge is 2.06. The zero-order valence-electron chi connectivity index (χ0n) is 8.71. The zero-order chi connectivity index (χ0) is 11.4. The first-order valence-electron chi connectivity index (χ1n) is 4.76. The first kappa shape index (κ1) is 10.2. The van der Waals surface area contributed by atoms with Crippen LogP contribution in [-0.2, 0) is 4.79 Å². The molecule has 16 heavy (non-hydrogen) atoms. The van der Waals surface area contributed by atoms with Crippen molar-refractivity contribution in [3.63, 3.8) is 0 Å². The van der Waals surface area contributed by atoms with E-state index in [1.165, 1.54) is 6.08 Å². The second-order valence-electron chi connectivity index (χ2n) is 3.33. The minimum Gasteiger partial charge on any atom is -0.264 e. The molecule has 0 saturated carbocycles. The lowest BCUT2D eigenvalue weighted by atomic mass is 10.1. The summed E-state index contributed by atoms with van der Waals surface area (Å²) in [6, 6.07) is 5.47. The molecule has 0 aromatic carbocycles. The van der Waals surface area contributed by atoms with E-state index in [0.717, 1.165) is 11.1 Å². The third kappa shape index (κ3) is 2.02. The molecule has 0 spiro atoms. The predicted octanol–water partition coefficient (Wildman–Crippen LogP) is 2.42. The molecule has 0 aliphatic carbocycles. The van der Waals surface area contributed by atoms with E-state index in [0.29, 0.717) is 11.4 Å². The van der Waals surface area contributed by atoms with Crippen LogP contribution < -0.4 is 0 Å². The van der Waals surface area contributed by atoms with Gasteiger partial charge in [0.2, 0.25) is 6.08 Å². The van der Waals surface area contributed by atoms with Crippen LogP contribution in [0.2, 0.25) is 0 Å². The van der Waals surface area contributed by atoms with Crippen molar-refractivity contribution in [2.75, 3.05) is 0 Å². The summed E-state index contributed by atoms with van der Waals surface area (Å²) in [6.07, 6.45) is 6.63. The molecule has 0 aliphatic rings. The SMILES string of the molecule is Cc1cnc(-c2cccnc2)c(N=C=O)c1. The fraction of sp³-hybridized carbons (Fsp3) is 0.0833. The average molecular weight is 211 g/mol. The number of carbonyl (C=O) groups excluding carboxylic acids is 1. The fourth-order valence-electron chi connectivity index (χ4n) is 1.41. The Hall–Kier alpha value is -2.32. The molecule has 0 radical (unpaired) electrons. The second kappa shape index (κ2) is 4.47. The molecule has 0 amide bonds. The molecule has 0 unspecified atom stereocenters. The Morgan fingerprint density at radius 3 is 2.94 bits per heavy atom. The van der Waals surface area contributed by atoms with E-state index in [2.05, 4.69) is 15.0 Å². The molecular weight excluding hydrogens is 202 g/mol. The number of nitrogens with zero attached hydrogens (tertiary/aromatic N) is 3. The highest BCUT2D eigenvalue weighted by molar-refractivity contribution is 5.73. The Morgan fingerprint density at radius 2 is 2.25 bits per heavy atom. The standard InChI is InChI=1S/C12H9N3O/c1-9-5-11(15-8-16)12(14-6-9)10-3-2-4-13-7-10/h2-7H,1H3. The second-order valence-corrected chi connectivity index (χ2v) is 3.33. The van der Waals surface area contributed by atoms with Gasteiger partial charge in [0, 0.05) is 24.2 Å². The van der Waals surface area contributed by atoms with Crippen LogP contribution in [0.15, 0.2) is 41.8 Å². The summed E-state index contributed by atoms with van der Waals surface area (Å²) in [6.45, 7) is 1.89. The lowest BCUT2D eigenvalue weighted by Gasteiger charge is -2.03. The van der Waals surface area contributed by atoms with Gasteiger partial charge in [-0.25, -0.2) is 4.79 Å². The number of pyridine rings is 2. The van der Waals surface area contributed by atoms with Gasteiger partial charge in [0.15, 0.2) is 0 Å². The maximum absolute atomic E-state index is 10.3. The van der Waals surface area contributed by atoms with Crippen LogP contribution in [0.1, 0.15) is 5.56 Å². The molecule has 0 bridgehead atoms. The quantitative estimate of drug-likeness (QED) is 0.566. The molecule has 0 saturated heterocycles. The number of aliphatic imine (C=N–C) groups is 1. The van der Waals surface area contributed by atoms with Gasteiger partial charge in [-0.05, 0) is 30.7 Å². The van der Waals surface area contributed by atoms with Crippen molar-refractivity contribution in [2.45, 2.75) is 6.92 Å². The molecule has 0 atom stereocenters. The zero-order valence-corrected chi connectivity index (χ0v) is 8.71. The van der Waals surface area contributed by atoms with Crippen LogP contribution in [-0.4, -0.2) is 16.0 Å². The van der Waals surface area contributed by atoms with Crippen LogP contribution >= 0.6 is 0 Å². The van der Waals surface area contributed by atoms with Crippen molar-refractivity contribution in [1.82, 2.24) is 9.97 Å². The molecule has 0 aliphatic heterocycles. The summed E-state index contributed by atoms with van der Waals surface area (Å²) in [4.78, 5) is 22.2. The van der Waals surface area contributed by atoms with Crippen LogP contribution in [0.4, 0.5) is 5.69 Å². The lowest BCUT2D eigenvalue weighted by Crippen LogP contribution is -1.86. The van der Waals surface area contributed by atoms with E-state index in [1.54, 1.807) is 24.7 Å². The van der Waals surface area contributed by atoms with Gasteiger partial charge in [-0.3, -0.25) is 9.97 Å². The highest BCUT2D eigenvalue weighted by atomic mass is 16.1. The van der Waals surface area contributed by atoms with Crippen LogP contribution in [0.3, 0.4) is 0 Å². The summed E-state index contributed by atoms with van der Waals surface area (Å²) in [5, 5.41) is 0. The molecule has 0 fully saturated rings. The summed E-state index contributed by atoms with van der Waals surface area (Å²) in [5.41, 5.74) is 2.93. The molecule has 2 aromatic heterocycles. The number of isocyanates is 1. The smallest absolute Gasteiger partial charge is 0.240 e. The Kier molecular flexibility index (Phi) is 2.85. The van der Waals surface area contributed by atoms with E-state index >= 15 is 0 Å². The summed E-state index contributed by atoms with van der Waals surface area (Å²) >= 11 is 0. The van der Waals surface area contributed by atoms with E-state index in [-0.39, 0.29) is 0 Å². The van der Waals surface area contributed by atoms with Crippen molar-refractivity contribution in [3.8, 4) is 11.3 Å². The van der Waals surface area contributed by atoms with E-state index < -0.39 is 0 Å². The Morgan fingerprint density at radius 1 is 1.38 bits per heavy atom. The molecule has 2 aromatic rings. The molecule has 2 heterocycles. The first-order chi connectivity index (χ1) is 7.81. The van der Waals surface area contributed by atoms with Crippen LogP contribution in [0.25, 0.3) is 11.3 Å². The monoisotopic (exact) mass is 211 g/mol. The summed E-state index contributed by atoms with van der Waals surface area (Å²) in [7, 11) is 0. The minimum atomic E-state index is 0.517. The van der Waals surface area contributed by atoms with Gasteiger partial charge in [-0.15, -0.1) is 0 Å². The van der Waals surface area contributed by atoms with Crippen LogP contribution in [0.5, 0.6) is 0 Å². The van der Waals surface area contributed by atoms with Crippen molar-refractivity contribution in [3.05, 3.63) is 42.4 Å². The van der Waals surface area contributed by atoms with Gasteiger partial charge in [-0.2, -0.15) is 4.99 Å². The number of aryl methyl sites for hydroxylation is 1.